The summed E-state index contributed by atoms with van der Waals surface area (Å²) in [6.07, 6.45) is 8.16. The fourth-order valence-corrected chi connectivity index (χ4v) is 8.20. The molecule has 0 aromatic heterocycles. The molecule has 0 radical (unpaired) electrons. The van der Waals surface area contributed by atoms with E-state index in [2.05, 4.69) is 17.0 Å². The van der Waals surface area contributed by atoms with Gasteiger partial charge in [-0.05, 0) is 80.2 Å². The molecule has 42 heavy (non-hydrogen) atoms. The zero-order valence-corrected chi connectivity index (χ0v) is 25.4. The first kappa shape index (κ1) is 29.2. The average molecular weight is 594 g/mol. The molecule has 4 aliphatic rings. The number of amides is 2. The van der Waals surface area contributed by atoms with E-state index < -0.39 is 9.84 Å². The third kappa shape index (κ3) is 6.37. The van der Waals surface area contributed by atoms with E-state index in [0.29, 0.717) is 18.0 Å². The Hall–Kier alpha value is -2.91. The Kier molecular flexibility index (Phi) is 8.33. The first-order valence-electron chi connectivity index (χ1n) is 15.5. The third-order valence-electron chi connectivity index (χ3n) is 10.1. The number of sulfone groups is 1. The van der Waals surface area contributed by atoms with Crippen LogP contribution in [0.15, 0.2) is 59.5 Å². The van der Waals surface area contributed by atoms with Crippen molar-refractivity contribution in [3.05, 3.63) is 65.7 Å². The summed E-state index contributed by atoms with van der Waals surface area (Å²) >= 11 is 0. The lowest BCUT2D eigenvalue weighted by Crippen LogP contribution is -2.47. The van der Waals surface area contributed by atoms with Gasteiger partial charge in [-0.2, -0.15) is 0 Å². The van der Waals surface area contributed by atoms with Gasteiger partial charge < -0.3 is 14.5 Å². The Morgan fingerprint density at radius 2 is 1.55 bits per heavy atom. The average Bonchev–Trinajstić information content (AvgIpc) is 3.75. The maximum atomic E-state index is 14.0. The number of likely N-dealkylation sites (tertiary alicyclic amines) is 3. The normalized spacial score (nSPS) is 24.9. The van der Waals surface area contributed by atoms with E-state index in [1.54, 1.807) is 17.0 Å². The molecule has 8 nitrogen and oxygen atoms in total. The summed E-state index contributed by atoms with van der Waals surface area (Å²) in [5.74, 6) is -0.120. The van der Waals surface area contributed by atoms with Gasteiger partial charge >= 0.3 is 6.09 Å². The summed E-state index contributed by atoms with van der Waals surface area (Å²) < 4.78 is 29.4. The Labute approximate surface area is 249 Å². The lowest BCUT2D eigenvalue weighted by Gasteiger charge is -2.40. The molecule has 3 aliphatic heterocycles. The van der Waals surface area contributed by atoms with Crippen LogP contribution >= 0.6 is 0 Å². The number of ether oxygens (including phenoxy) is 1. The summed E-state index contributed by atoms with van der Waals surface area (Å²) in [5, 5.41) is 0. The fraction of sp³-hybridized carbons (Fsp3) is 0.576. The van der Waals surface area contributed by atoms with Crippen molar-refractivity contribution in [3.63, 3.8) is 0 Å². The molecule has 1 saturated carbocycles. The number of carbonyl (C=O) groups is 2. The monoisotopic (exact) mass is 593 g/mol. The first-order chi connectivity index (χ1) is 20.2. The number of nitrogens with zero attached hydrogens (tertiary/aromatic N) is 3. The van der Waals surface area contributed by atoms with Crippen molar-refractivity contribution in [1.29, 1.82) is 0 Å². The van der Waals surface area contributed by atoms with Gasteiger partial charge in [0.1, 0.15) is 6.10 Å². The van der Waals surface area contributed by atoms with Crippen molar-refractivity contribution in [1.82, 2.24) is 14.7 Å². The van der Waals surface area contributed by atoms with Crippen LogP contribution in [-0.2, 0) is 25.9 Å². The Bertz CT molecular complexity index is 1370. The van der Waals surface area contributed by atoms with Crippen molar-refractivity contribution in [2.45, 2.75) is 68.4 Å². The molecule has 2 aromatic carbocycles. The molecule has 4 fully saturated rings. The van der Waals surface area contributed by atoms with Crippen molar-refractivity contribution in [3.8, 4) is 0 Å². The number of carbonyl (C=O) groups excluding carboxylic acids is 2. The van der Waals surface area contributed by atoms with Crippen LogP contribution in [0.5, 0.6) is 0 Å². The molecule has 2 amide bonds. The molecular formula is C33H43N3O5S. The molecule has 1 aliphatic carbocycles. The van der Waals surface area contributed by atoms with Gasteiger partial charge in [0.25, 0.3) is 0 Å². The van der Waals surface area contributed by atoms with Crippen LogP contribution in [0.1, 0.15) is 62.0 Å². The zero-order valence-electron chi connectivity index (χ0n) is 24.6. The predicted octanol–water partition coefficient (Wildman–Crippen LogP) is 4.70. The molecule has 1 spiro atoms. The van der Waals surface area contributed by atoms with Gasteiger partial charge in [0.05, 0.1) is 10.8 Å². The maximum Gasteiger partial charge on any atom is 0.410 e. The van der Waals surface area contributed by atoms with Crippen LogP contribution in [-0.4, -0.2) is 86.7 Å². The highest BCUT2D eigenvalue weighted by Crippen LogP contribution is 2.42. The summed E-state index contributed by atoms with van der Waals surface area (Å²) in [6, 6.07) is 17.4. The van der Waals surface area contributed by atoms with E-state index in [9.17, 15) is 18.0 Å². The summed E-state index contributed by atoms with van der Waals surface area (Å²) in [7, 11) is -3.19. The molecule has 0 unspecified atom stereocenters. The standard InChI is InChI=1S/C33H43N3O5S/c1-42(39,40)28-13-11-25(12-14-28)21-34-18-15-33(24-34)16-19-35(20-17-33)31(37)30-23-36(32(38)41-27-9-5-6-10-27)22-29(30)26-7-3-2-4-8-26/h2-4,7-8,11-14,27,29-30H,5-6,9-10,15-24H2,1H3/t29-,30-/m1/s1. The molecular weight excluding hydrogens is 550 g/mol. The second-order valence-corrected chi connectivity index (χ2v) is 15.0. The first-order valence-corrected chi connectivity index (χ1v) is 17.4. The van der Waals surface area contributed by atoms with Gasteiger partial charge in [0, 0.05) is 51.4 Å². The molecule has 3 heterocycles. The Morgan fingerprint density at radius 1 is 0.881 bits per heavy atom. The highest BCUT2D eigenvalue weighted by atomic mass is 32.2. The minimum absolute atomic E-state index is 0.0125. The largest absolute Gasteiger partial charge is 0.446 e. The molecule has 6 rings (SSSR count). The highest BCUT2D eigenvalue weighted by Gasteiger charge is 2.46. The minimum atomic E-state index is -3.19. The maximum absolute atomic E-state index is 14.0. The summed E-state index contributed by atoms with van der Waals surface area (Å²) in [5.41, 5.74) is 2.45. The van der Waals surface area contributed by atoms with Crippen molar-refractivity contribution < 1.29 is 22.7 Å². The quantitative estimate of drug-likeness (QED) is 0.483. The van der Waals surface area contributed by atoms with Crippen LogP contribution in [0.4, 0.5) is 4.79 Å². The highest BCUT2D eigenvalue weighted by molar-refractivity contribution is 7.90. The van der Waals surface area contributed by atoms with E-state index in [-0.39, 0.29) is 35.4 Å². The molecule has 2 aromatic rings. The molecule has 0 bridgehead atoms. The van der Waals surface area contributed by atoms with Crippen LogP contribution < -0.4 is 0 Å². The van der Waals surface area contributed by atoms with Crippen molar-refractivity contribution in [2.75, 3.05) is 45.5 Å². The van der Waals surface area contributed by atoms with Crippen LogP contribution in [0.3, 0.4) is 0 Å². The van der Waals surface area contributed by atoms with E-state index in [1.165, 1.54) is 6.26 Å². The van der Waals surface area contributed by atoms with E-state index in [0.717, 1.165) is 88.8 Å². The van der Waals surface area contributed by atoms with Crippen LogP contribution in [0, 0.1) is 11.3 Å². The number of piperidine rings is 1. The topological polar surface area (TPSA) is 87.2 Å². The van der Waals surface area contributed by atoms with Crippen molar-refractivity contribution >= 4 is 21.8 Å². The van der Waals surface area contributed by atoms with Gasteiger partial charge in [-0.1, -0.05) is 42.5 Å². The van der Waals surface area contributed by atoms with Crippen LogP contribution in [0.2, 0.25) is 0 Å². The van der Waals surface area contributed by atoms with Gasteiger partial charge in [-0.25, -0.2) is 13.2 Å². The molecule has 0 N–H and O–H groups in total. The van der Waals surface area contributed by atoms with Crippen molar-refractivity contribution in [2.24, 2.45) is 11.3 Å². The molecule has 3 saturated heterocycles. The summed E-state index contributed by atoms with van der Waals surface area (Å²) in [6.45, 7) is 5.25. The Morgan fingerprint density at radius 3 is 2.21 bits per heavy atom. The second kappa shape index (κ2) is 12.0. The predicted molar refractivity (Wildman–Crippen MR) is 161 cm³/mol. The van der Waals surface area contributed by atoms with Gasteiger partial charge in [0.2, 0.25) is 5.91 Å². The smallest absolute Gasteiger partial charge is 0.410 e. The zero-order chi connectivity index (χ0) is 29.3. The van der Waals surface area contributed by atoms with Gasteiger partial charge in [0.15, 0.2) is 9.84 Å². The number of benzene rings is 2. The lowest BCUT2D eigenvalue weighted by atomic mass is 9.77. The van der Waals surface area contributed by atoms with E-state index in [4.69, 9.17) is 4.74 Å². The van der Waals surface area contributed by atoms with Gasteiger partial charge in [-0.15, -0.1) is 0 Å². The molecule has 9 heteroatoms. The van der Waals surface area contributed by atoms with E-state index >= 15 is 0 Å². The van der Waals surface area contributed by atoms with Gasteiger partial charge in [-0.3, -0.25) is 9.69 Å². The number of hydrogen-bond acceptors (Lipinski definition) is 6. The Balaban J connectivity index is 1.06. The van der Waals surface area contributed by atoms with E-state index in [1.807, 2.05) is 35.2 Å². The third-order valence-corrected chi connectivity index (χ3v) is 11.2. The second-order valence-electron chi connectivity index (χ2n) is 13.0. The number of hydrogen-bond donors (Lipinski definition) is 0. The summed E-state index contributed by atoms with van der Waals surface area (Å²) in [4.78, 5) is 33.7. The molecule has 2 atom stereocenters. The fourth-order valence-electron chi connectivity index (χ4n) is 7.57. The van der Waals surface area contributed by atoms with Crippen LogP contribution in [0.25, 0.3) is 0 Å². The number of rotatable bonds is 6. The SMILES string of the molecule is CS(=O)(=O)c1ccc(CN2CCC3(CCN(C(=O)[C@@H]4CN(C(=O)OC5CCCC5)C[C@@H]4c4ccccc4)CC3)C2)cc1. The minimum Gasteiger partial charge on any atom is -0.446 e. The molecule has 226 valence electrons. The lowest BCUT2D eigenvalue weighted by molar-refractivity contribution is -0.137.